The van der Waals surface area contributed by atoms with E-state index in [0.717, 1.165) is 0 Å². The van der Waals surface area contributed by atoms with Gasteiger partial charge in [0.15, 0.2) is 5.57 Å². The maximum Gasteiger partial charge on any atom is 0.249 e. The summed E-state index contributed by atoms with van der Waals surface area (Å²) in [5.41, 5.74) is 0.610. The molecule has 0 aliphatic carbocycles. The topological polar surface area (TPSA) is 122 Å². The molecule has 0 bridgehead atoms. The number of anilines is 1. The third kappa shape index (κ3) is 2.45. The lowest BCUT2D eigenvalue weighted by Crippen LogP contribution is -2.02. The first-order chi connectivity index (χ1) is 9.80. The molecule has 0 unspecified atom stereocenters. The Bertz CT molecular complexity index is 754. The molecule has 1 aromatic carbocycles. The van der Waals surface area contributed by atoms with E-state index in [4.69, 9.17) is 20.2 Å². The van der Waals surface area contributed by atoms with Crippen molar-refractivity contribution in [2.45, 2.75) is 0 Å². The summed E-state index contributed by atoms with van der Waals surface area (Å²) in [5, 5.41) is 36.7. The predicted molar refractivity (Wildman–Crippen MR) is 67.2 cm³/mol. The zero-order chi connectivity index (χ0) is 14.4. The lowest BCUT2D eigenvalue weighted by Gasteiger charge is -2.08. The number of nitrogens with one attached hydrogen (secondary N) is 1. The number of allylic oxidation sites excluding steroid dienone is 2. The molecule has 0 radical (unpaired) electrons. The highest BCUT2D eigenvalue weighted by Gasteiger charge is 2.12. The molecule has 0 amide bonds. The van der Waals surface area contributed by atoms with Gasteiger partial charge in [0.05, 0.1) is 11.3 Å². The van der Waals surface area contributed by atoms with Crippen LogP contribution in [0.15, 0.2) is 46.3 Å². The van der Waals surface area contributed by atoms with Crippen LogP contribution in [0, 0.1) is 34.0 Å². The van der Waals surface area contributed by atoms with E-state index in [1.54, 1.807) is 42.5 Å². The molecule has 7 nitrogen and oxygen atoms in total. The molecule has 0 fully saturated rings. The fourth-order valence-corrected chi connectivity index (χ4v) is 1.49. The summed E-state index contributed by atoms with van der Waals surface area (Å²) in [6.07, 6.45) is 1.18. The summed E-state index contributed by atoms with van der Waals surface area (Å²) in [6, 6.07) is 12.0. The average molecular weight is 262 g/mol. The van der Waals surface area contributed by atoms with E-state index in [0.29, 0.717) is 11.3 Å². The number of hydrogen-bond donors (Lipinski definition) is 1. The fraction of sp³-hybridized carbons (Fsp3) is 0. The summed E-state index contributed by atoms with van der Waals surface area (Å²) in [5.74, 6) is 0.265. The Morgan fingerprint density at radius 3 is 2.45 bits per heavy atom. The molecule has 0 saturated heterocycles. The lowest BCUT2D eigenvalue weighted by atomic mass is 10.1. The van der Waals surface area contributed by atoms with Gasteiger partial charge in [-0.25, -0.2) is 0 Å². The quantitative estimate of drug-likeness (QED) is 0.838. The summed E-state index contributed by atoms with van der Waals surface area (Å²) >= 11 is 0. The van der Waals surface area contributed by atoms with Crippen molar-refractivity contribution in [2.75, 3.05) is 5.32 Å². The van der Waals surface area contributed by atoms with Crippen LogP contribution in [0.25, 0.3) is 11.5 Å². The molecular weight excluding hydrogens is 256 g/mol. The largest absolute Gasteiger partial charge is 0.423 e. The Balaban J connectivity index is 2.47. The zero-order valence-electron chi connectivity index (χ0n) is 10.0. The summed E-state index contributed by atoms with van der Waals surface area (Å²) in [4.78, 5) is 0. The summed E-state index contributed by atoms with van der Waals surface area (Å²) in [6.45, 7) is 0. The molecule has 1 heterocycles. The van der Waals surface area contributed by atoms with Gasteiger partial charge in [0.25, 0.3) is 0 Å². The maximum atomic E-state index is 9.02. The molecule has 1 aromatic heterocycles. The summed E-state index contributed by atoms with van der Waals surface area (Å²) < 4.78 is 5.10. The second-order valence-electron chi connectivity index (χ2n) is 3.50. The lowest BCUT2D eigenvalue weighted by molar-refractivity contribution is 0.569. The number of nitriles is 3. The number of aromatic nitrogens is 2. The SMILES string of the molecule is N#CC(C#N)=C(C#N)Nc1ccccc1-c1nnco1. The smallest absolute Gasteiger partial charge is 0.249 e. The predicted octanol–water partition coefficient (Wildman–Crippen LogP) is 1.97. The number of rotatable bonds is 3. The Hall–Kier alpha value is -3.63. The van der Waals surface area contributed by atoms with E-state index in [-0.39, 0.29) is 17.2 Å². The van der Waals surface area contributed by atoms with Gasteiger partial charge in [-0.1, -0.05) is 12.1 Å². The van der Waals surface area contributed by atoms with Crippen LogP contribution in [-0.4, -0.2) is 10.2 Å². The monoisotopic (exact) mass is 262 g/mol. The summed E-state index contributed by atoms with van der Waals surface area (Å²) in [7, 11) is 0. The van der Waals surface area contributed by atoms with Crippen molar-refractivity contribution in [1.82, 2.24) is 10.2 Å². The number of benzene rings is 1. The normalized spacial score (nSPS) is 8.85. The van der Waals surface area contributed by atoms with Crippen LogP contribution in [0.2, 0.25) is 0 Å². The molecule has 2 aromatic rings. The molecule has 20 heavy (non-hydrogen) atoms. The number of para-hydroxylation sites is 1. The highest BCUT2D eigenvalue weighted by molar-refractivity contribution is 5.75. The van der Waals surface area contributed by atoms with Crippen molar-refractivity contribution in [3.05, 3.63) is 41.9 Å². The van der Waals surface area contributed by atoms with Crippen LogP contribution in [0.5, 0.6) is 0 Å². The van der Waals surface area contributed by atoms with Crippen molar-refractivity contribution in [3.8, 4) is 29.7 Å². The van der Waals surface area contributed by atoms with Crippen LogP contribution in [0.3, 0.4) is 0 Å². The molecule has 2 rings (SSSR count). The van der Waals surface area contributed by atoms with Crippen LogP contribution in [0.1, 0.15) is 0 Å². The van der Waals surface area contributed by atoms with Crippen LogP contribution >= 0.6 is 0 Å². The van der Waals surface area contributed by atoms with E-state index in [9.17, 15) is 0 Å². The van der Waals surface area contributed by atoms with Gasteiger partial charge in [-0.15, -0.1) is 10.2 Å². The number of nitrogens with zero attached hydrogens (tertiary/aromatic N) is 5. The van der Waals surface area contributed by atoms with Crippen molar-refractivity contribution in [3.63, 3.8) is 0 Å². The average Bonchev–Trinajstić information content (AvgIpc) is 3.02. The van der Waals surface area contributed by atoms with Crippen LogP contribution in [-0.2, 0) is 0 Å². The Labute approximate surface area is 114 Å². The molecule has 0 spiro atoms. The van der Waals surface area contributed by atoms with Gasteiger partial charge in [0, 0.05) is 0 Å². The zero-order valence-corrected chi connectivity index (χ0v) is 10.0. The molecule has 7 heteroatoms. The second-order valence-corrected chi connectivity index (χ2v) is 3.50. The minimum atomic E-state index is -0.298. The number of hydrogen-bond acceptors (Lipinski definition) is 7. The van der Waals surface area contributed by atoms with Gasteiger partial charge in [0.2, 0.25) is 12.3 Å². The van der Waals surface area contributed by atoms with E-state index in [1.807, 2.05) is 0 Å². The van der Waals surface area contributed by atoms with Crippen molar-refractivity contribution in [2.24, 2.45) is 0 Å². The first kappa shape index (κ1) is 12.8. The van der Waals surface area contributed by atoms with Gasteiger partial charge < -0.3 is 9.73 Å². The molecular formula is C13H6N6O. The van der Waals surface area contributed by atoms with Crippen LogP contribution < -0.4 is 5.32 Å². The molecule has 0 saturated carbocycles. The van der Waals surface area contributed by atoms with Crippen molar-refractivity contribution >= 4 is 5.69 Å². The standard InChI is InChI=1S/C13H6N6O/c14-5-9(6-15)12(7-16)18-11-4-2-1-3-10(11)13-19-17-8-20-13/h1-4,8,18H. The van der Waals surface area contributed by atoms with E-state index in [1.165, 1.54) is 6.39 Å². The second kappa shape index (κ2) is 5.81. The highest BCUT2D eigenvalue weighted by atomic mass is 16.4. The molecule has 1 N–H and O–H groups in total. The molecule has 0 aliphatic heterocycles. The van der Waals surface area contributed by atoms with Gasteiger partial charge in [-0.2, -0.15) is 15.8 Å². The maximum absolute atomic E-state index is 9.02. The van der Waals surface area contributed by atoms with Gasteiger partial charge in [-0.3, -0.25) is 0 Å². The van der Waals surface area contributed by atoms with Crippen molar-refractivity contribution < 1.29 is 4.42 Å². The Kier molecular flexibility index (Phi) is 3.72. The first-order valence-electron chi connectivity index (χ1n) is 5.37. The van der Waals surface area contributed by atoms with Crippen LogP contribution in [0.4, 0.5) is 5.69 Å². The molecule has 0 aliphatic rings. The third-order valence-corrected chi connectivity index (χ3v) is 2.36. The Morgan fingerprint density at radius 1 is 1.10 bits per heavy atom. The van der Waals surface area contributed by atoms with Gasteiger partial charge >= 0.3 is 0 Å². The first-order valence-corrected chi connectivity index (χ1v) is 5.37. The van der Waals surface area contributed by atoms with E-state index >= 15 is 0 Å². The van der Waals surface area contributed by atoms with E-state index in [2.05, 4.69) is 15.5 Å². The van der Waals surface area contributed by atoms with Gasteiger partial charge in [-0.05, 0) is 12.1 Å². The minimum Gasteiger partial charge on any atom is -0.423 e. The minimum absolute atomic E-state index is 0.137. The molecule has 94 valence electrons. The third-order valence-electron chi connectivity index (χ3n) is 2.36. The fourth-order valence-electron chi connectivity index (χ4n) is 1.49. The highest BCUT2D eigenvalue weighted by Crippen LogP contribution is 2.27. The molecule has 0 atom stereocenters. The van der Waals surface area contributed by atoms with E-state index < -0.39 is 0 Å². The van der Waals surface area contributed by atoms with Gasteiger partial charge in [0.1, 0.15) is 23.9 Å². The Morgan fingerprint density at radius 2 is 1.85 bits per heavy atom. The van der Waals surface area contributed by atoms with Crippen molar-refractivity contribution in [1.29, 1.82) is 15.8 Å².